The lowest BCUT2D eigenvalue weighted by Crippen LogP contribution is -2.34. The van der Waals surface area contributed by atoms with Crippen molar-refractivity contribution < 1.29 is 13.9 Å². The summed E-state index contributed by atoms with van der Waals surface area (Å²) in [5.41, 5.74) is 8.92. The van der Waals surface area contributed by atoms with E-state index in [4.69, 9.17) is 15.2 Å². The number of phenolic OH excluding ortho intramolecular Hbond substituents is 1. The quantitative estimate of drug-likeness (QED) is 0.332. The summed E-state index contributed by atoms with van der Waals surface area (Å²) in [6, 6.07) is 11.4. The normalized spacial score (nSPS) is 19.8. The Hall–Kier alpha value is -4.57. The molecular weight excluding hydrogens is 511 g/mol. The Kier molecular flexibility index (Phi) is 5.50. The van der Waals surface area contributed by atoms with Gasteiger partial charge < -0.3 is 15.3 Å². The van der Waals surface area contributed by atoms with Crippen molar-refractivity contribution in [2.75, 3.05) is 12.8 Å². The first-order chi connectivity index (χ1) is 19.3. The number of halogens is 1. The number of nitrogens with zero attached hydrogens (tertiary/aromatic N) is 5. The van der Waals surface area contributed by atoms with Crippen LogP contribution < -0.4 is 11.4 Å². The third kappa shape index (κ3) is 3.70. The molecule has 9 nitrogen and oxygen atoms in total. The van der Waals surface area contributed by atoms with E-state index in [0.29, 0.717) is 45.5 Å². The van der Waals surface area contributed by atoms with Crippen LogP contribution in [0.15, 0.2) is 64.1 Å². The Morgan fingerprint density at radius 3 is 2.73 bits per heavy atom. The average Bonchev–Trinajstić information content (AvgIpc) is 3.40. The lowest BCUT2D eigenvalue weighted by Gasteiger charge is -2.31. The van der Waals surface area contributed by atoms with Gasteiger partial charge in [-0.25, -0.2) is 23.8 Å². The molecule has 5 aromatic rings. The van der Waals surface area contributed by atoms with Gasteiger partial charge in [-0.1, -0.05) is 24.3 Å². The maximum absolute atomic E-state index is 14.3. The van der Waals surface area contributed by atoms with E-state index >= 15 is 0 Å². The summed E-state index contributed by atoms with van der Waals surface area (Å²) in [6.45, 7) is 1.89. The second-order valence-corrected chi connectivity index (χ2v) is 10.7. The smallest absolute Gasteiger partial charge is 0.343 e. The van der Waals surface area contributed by atoms with Gasteiger partial charge in [-0.05, 0) is 62.4 Å². The summed E-state index contributed by atoms with van der Waals surface area (Å²) < 4.78 is 22.0. The van der Waals surface area contributed by atoms with Crippen LogP contribution in [0.4, 0.5) is 10.2 Å². The van der Waals surface area contributed by atoms with E-state index in [9.17, 15) is 14.3 Å². The van der Waals surface area contributed by atoms with Crippen LogP contribution in [0.3, 0.4) is 0 Å². The van der Waals surface area contributed by atoms with Crippen molar-refractivity contribution in [1.82, 2.24) is 24.6 Å². The number of nitrogens with two attached hydrogens (primary N) is 1. The van der Waals surface area contributed by atoms with Gasteiger partial charge in [0.05, 0.1) is 10.8 Å². The van der Waals surface area contributed by atoms with E-state index in [1.165, 1.54) is 18.5 Å². The molecule has 2 aromatic carbocycles. The highest BCUT2D eigenvalue weighted by atomic mass is 19.1. The van der Waals surface area contributed by atoms with Gasteiger partial charge in [0.1, 0.15) is 41.2 Å². The number of rotatable bonds is 4. The zero-order valence-electron chi connectivity index (χ0n) is 22.0. The Balaban J connectivity index is 1.48. The number of benzene rings is 2. The Morgan fingerprint density at radius 1 is 1.15 bits per heavy atom. The molecule has 1 fully saturated rings. The monoisotopic (exact) mass is 538 g/mol. The van der Waals surface area contributed by atoms with Crippen LogP contribution in [-0.4, -0.2) is 48.9 Å². The summed E-state index contributed by atoms with van der Waals surface area (Å²) in [5, 5.41) is 16.6. The lowest BCUT2D eigenvalue weighted by atomic mass is 9.89. The van der Waals surface area contributed by atoms with E-state index in [2.05, 4.69) is 28.0 Å². The maximum atomic E-state index is 14.3. The maximum Gasteiger partial charge on any atom is 0.343 e. The van der Waals surface area contributed by atoms with Gasteiger partial charge >= 0.3 is 5.63 Å². The van der Waals surface area contributed by atoms with Crippen LogP contribution in [0.1, 0.15) is 43.6 Å². The summed E-state index contributed by atoms with van der Waals surface area (Å²) in [4.78, 5) is 24.2. The predicted octanol–water partition coefficient (Wildman–Crippen LogP) is 4.89. The minimum absolute atomic E-state index is 0.164. The van der Waals surface area contributed by atoms with Crippen LogP contribution in [0.25, 0.3) is 38.6 Å². The lowest BCUT2D eigenvalue weighted by molar-refractivity contribution is 0.264. The van der Waals surface area contributed by atoms with Gasteiger partial charge in [0, 0.05) is 29.3 Å². The zero-order chi connectivity index (χ0) is 27.7. The average molecular weight is 539 g/mol. The number of hydrogen-bond acceptors (Lipinski definition) is 8. The molecule has 7 rings (SSSR count). The molecule has 2 bridgehead atoms. The first kappa shape index (κ1) is 24.5. The topological polar surface area (TPSA) is 123 Å². The fourth-order valence-corrected chi connectivity index (χ4v) is 6.36. The second kappa shape index (κ2) is 8.99. The summed E-state index contributed by atoms with van der Waals surface area (Å²) in [5.74, 6) is -0.230. The van der Waals surface area contributed by atoms with Crippen molar-refractivity contribution in [1.29, 1.82) is 0 Å². The molecule has 40 heavy (non-hydrogen) atoms. The second-order valence-electron chi connectivity index (χ2n) is 10.7. The van der Waals surface area contributed by atoms with E-state index in [1.54, 1.807) is 10.7 Å². The van der Waals surface area contributed by atoms with Crippen molar-refractivity contribution in [2.24, 2.45) is 0 Å². The van der Waals surface area contributed by atoms with Gasteiger partial charge in [-0.15, -0.1) is 0 Å². The molecule has 0 amide bonds. The number of aromatic hydroxyl groups is 1. The van der Waals surface area contributed by atoms with Crippen molar-refractivity contribution >= 4 is 33.2 Å². The largest absolute Gasteiger partial charge is 0.508 e. The van der Waals surface area contributed by atoms with E-state index in [-0.39, 0.29) is 11.6 Å². The zero-order valence-corrected chi connectivity index (χ0v) is 22.0. The van der Waals surface area contributed by atoms with Crippen LogP contribution in [0.2, 0.25) is 0 Å². The molecule has 5 heterocycles. The van der Waals surface area contributed by atoms with Crippen molar-refractivity contribution in [3.05, 3.63) is 82.4 Å². The van der Waals surface area contributed by atoms with Gasteiger partial charge in [-0.3, -0.25) is 4.90 Å². The molecule has 10 heteroatoms. The molecule has 0 radical (unpaired) electrons. The Bertz CT molecular complexity index is 1890. The van der Waals surface area contributed by atoms with E-state index in [0.717, 1.165) is 41.9 Å². The number of fused-ring (bicyclic) bond motifs is 4. The first-order valence-electron chi connectivity index (χ1n) is 13.3. The van der Waals surface area contributed by atoms with Crippen LogP contribution >= 0.6 is 0 Å². The number of phenols is 1. The summed E-state index contributed by atoms with van der Waals surface area (Å²) in [6.07, 6.45) is 6.68. The molecule has 3 aromatic heterocycles. The molecule has 202 valence electrons. The van der Waals surface area contributed by atoms with Crippen molar-refractivity contribution in [2.45, 2.75) is 44.3 Å². The SMILES string of the molecule is CC(c1oc(=O)c2ccccc2c1C1=CC2CCC(C1)N2C)n1nc(-c2cc(O)cc(F)c2)c2c(N)ncnc21. The highest BCUT2D eigenvalue weighted by Crippen LogP contribution is 2.43. The number of anilines is 1. The van der Waals surface area contributed by atoms with Gasteiger partial charge in [0.15, 0.2) is 5.65 Å². The minimum atomic E-state index is -0.618. The molecule has 3 N–H and O–H groups in total. The number of hydrogen-bond donors (Lipinski definition) is 2. The molecule has 0 saturated carbocycles. The van der Waals surface area contributed by atoms with Gasteiger partial charge in [0.2, 0.25) is 0 Å². The standard InChI is InChI=1S/C30H27FN6O3/c1-15(37-29-25(28(32)33-14-34-29)26(35-37)17-9-18(31)13-21(38)12-17)27-24(16-10-19-7-8-20(11-16)36(19)2)22-5-3-4-6-23(22)30(39)40-27/h3-6,9-10,12-15,19-20,38H,7-8,11H2,1-2H3,(H2,32,33,34). The number of nitrogen functional groups attached to an aromatic ring is 1. The summed E-state index contributed by atoms with van der Waals surface area (Å²) >= 11 is 0. The molecule has 1 saturated heterocycles. The molecule has 2 aliphatic rings. The van der Waals surface area contributed by atoms with Crippen molar-refractivity contribution in [3.8, 4) is 17.0 Å². The van der Waals surface area contributed by atoms with Crippen molar-refractivity contribution in [3.63, 3.8) is 0 Å². The van der Waals surface area contributed by atoms with Gasteiger partial charge in [-0.2, -0.15) is 5.10 Å². The Morgan fingerprint density at radius 2 is 1.95 bits per heavy atom. The molecule has 3 unspecified atom stereocenters. The van der Waals surface area contributed by atoms with Gasteiger partial charge in [0.25, 0.3) is 0 Å². The van der Waals surface area contributed by atoms with E-state index in [1.807, 2.05) is 25.1 Å². The third-order valence-electron chi connectivity index (χ3n) is 8.35. The predicted molar refractivity (Wildman–Crippen MR) is 150 cm³/mol. The summed E-state index contributed by atoms with van der Waals surface area (Å²) in [7, 11) is 2.16. The fraction of sp³-hybridized carbons (Fsp3) is 0.267. The van der Waals surface area contributed by atoms with Crippen LogP contribution in [0.5, 0.6) is 5.75 Å². The molecule has 2 aliphatic heterocycles. The first-order valence-corrected chi connectivity index (χ1v) is 13.3. The highest BCUT2D eigenvalue weighted by Gasteiger charge is 2.36. The molecule has 3 atom stereocenters. The fourth-order valence-electron chi connectivity index (χ4n) is 6.36. The minimum Gasteiger partial charge on any atom is -0.508 e. The number of aromatic nitrogens is 4. The number of likely N-dealkylation sites (N-methyl/N-ethyl adjacent to an activating group) is 1. The van der Waals surface area contributed by atoms with Crippen LogP contribution in [0, 0.1) is 5.82 Å². The molecular formula is C30H27FN6O3. The van der Waals surface area contributed by atoms with E-state index < -0.39 is 17.5 Å². The third-order valence-corrected chi connectivity index (χ3v) is 8.35. The highest BCUT2D eigenvalue weighted by molar-refractivity contribution is 5.99. The molecule has 0 aliphatic carbocycles. The Labute approximate surface area is 228 Å². The van der Waals surface area contributed by atoms with Crippen LogP contribution in [-0.2, 0) is 0 Å². The molecule has 0 spiro atoms.